The molecule has 3 rings (SSSR count). The minimum atomic E-state index is -0.293. The van der Waals surface area contributed by atoms with Crippen LogP contribution < -0.4 is 9.47 Å². The molecule has 1 atom stereocenters. The van der Waals surface area contributed by atoms with E-state index < -0.39 is 0 Å². The zero-order chi connectivity index (χ0) is 20.6. The molecule has 0 fully saturated rings. The molecule has 0 saturated heterocycles. The summed E-state index contributed by atoms with van der Waals surface area (Å²) in [5, 5.41) is 4.61. The van der Waals surface area contributed by atoms with Crippen LogP contribution in [0.5, 0.6) is 11.5 Å². The Bertz CT molecular complexity index is 1070. The fourth-order valence-corrected chi connectivity index (χ4v) is 4.14. The highest BCUT2D eigenvalue weighted by Gasteiger charge is 2.21. The Balaban J connectivity index is 2.33. The fraction of sp³-hybridized carbons (Fsp3) is 0.375. The van der Waals surface area contributed by atoms with Crippen molar-refractivity contribution in [1.29, 1.82) is 0 Å². The van der Waals surface area contributed by atoms with Gasteiger partial charge in [-0.1, -0.05) is 12.1 Å². The summed E-state index contributed by atoms with van der Waals surface area (Å²) in [5.74, 6) is 1.22. The lowest BCUT2D eigenvalue weighted by Crippen LogP contribution is -2.16. The first-order valence-corrected chi connectivity index (χ1v) is 9.52. The summed E-state index contributed by atoms with van der Waals surface area (Å²) in [4.78, 5) is 11.3. The van der Waals surface area contributed by atoms with Crippen molar-refractivity contribution in [3.8, 4) is 11.5 Å². The predicted molar refractivity (Wildman–Crippen MR) is 114 cm³/mol. The second kappa shape index (κ2) is 7.70. The van der Waals surface area contributed by atoms with Gasteiger partial charge < -0.3 is 14.2 Å². The molecule has 4 heteroatoms. The molecule has 3 aromatic rings. The first-order valence-electron chi connectivity index (χ1n) is 9.52. The van der Waals surface area contributed by atoms with Gasteiger partial charge in [0.1, 0.15) is 17.6 Å². The number of esters is 1. The van der Waals surface area contributed by atoms with Crippen LogP contribution in [0.1, 0.15) is 36.1 Å². The molecule has 0 bridgehead atoms. The van der Waals surface area contributed by atoms with Crippen molar-refractivity contribution in [1.82, 2.24) is 0 Å². The molecule has 4 nitrogen and oxygen atoms in total. The Labute approximate surface area is 166 Å². The van der Waals surface area contributed by atoms with Crippen LogP contribution in [0.25, 0.3) is 21.5 Å². The molecule has 3 aromatic carbocycles. The highest BCUT2D eigenvalue weighted by molar-refractivity contribution is 6.13. The average molecular weight is 380 g/mol. The van der Waals surface area contributed by atoms with Crippen molar-refractivity contribution in [3.63, 3.8) is 0 Å². The van der Waals surface area contributed by atoms with Gasteiger partial charge in [-0.25, -0.2) is 0 Å². The zero-order valence-corrected chi connectivity index (χ0v) is 17.7. The van der Waals surface area contributed by atoms with Crippen molar-refractivity contribution in [2.24, 2.45) is 0 Å². The minimum Gasteiger partial charge on any atom is -0.496 e. The summed E-state index contributed by atoms with van der Waals surface area (Å²) in [6, 6.07) is 8.59. The third kappa shape index (κ3) is 3.39. The van der Waals surface area contributed by atoms with Gasteiger partial charge in [-0.3, -0.25) is 4.79 Å². The van der Waals surface area contributed by atoms with Crippen molar-refractivity contribution in [2.75, 3.05) is 14.2 Å². The number of carbonyl (C=O) groups excluding carboxylic acids is 1. The number of rotatable bonds is 5. The molecule has 0 N–H and O–H groups in total. The molecule has 28 heavy (non-hydrogen) atoms. The highest BCUT2D eigenvalue weighted by atomic mass is 16.5. The van der Waals surface area contributed by atoms with Crippen LogP contribution >= 0.6 is 0 Å². The molecule has 0 radical (unpaired) electrons. The van der Waals surface area contributed by atoms with Gasteiger partial charge in [-0.2, -0.15) is 0 Å². The standard InChI is InChI=1S/C24H28O4/c1-13-10-14(2)23-18(16(13)4)8-9-19-20(23)12-22(26-6)21(24(19)27-7)11-15(3)28-17(5)25/h8-10,12,15H,11H2,1-7H3. The third-order valence-corrected chi connectivity index (χ3v) is 5.44. The Morgan fingerprint density at radius 1 is 0.964 bits per heavy atom. The van der Waals surface area contributed by atoms with Crippen LogP contribution in [-0.4, -0.2) is 26.3 Å². The number of methoxy groups -OCH3 is 2. The van der Waals surface area contributed by atoms with Gasteiger partial charge in [-0.15, -0.1) is 0 Å². The number of hydrogen-bond acceptors (Lipinski definition) is 4. The van der Waals surface area contributed by atoms with Crippen LogP contribution in [0.2, 0.25) is 0 Å². The normalized spacial score (nSPS) is 12.2. The van der Waals surface area contributed by atoms with E-state index in [1.807, 2.05) is 6.92 Å². The molecule has 0 aliphatic heterocycles. The molecule has 0 saturated carbocycles. The molecule has 148 valence electrons. The Morgan fingerprint density at radius 2 is 1.64 bits per heavy atom. The quantitative estimate of drug-likeness (QED) is 0.437. The molecule has 0 amide bonds. The summed E-state index contributed by atoms with van der Waals surface area (Å²) in [5.41, 5.74) is 4.71. The maximum Gasteiger partial charge on any atom is 0.302 e. The molecule has 0 aromatic heterocycles. The number of benzene rings is 3. The number of fused-ring (bicyclic) bond motifs is 3. The molecule has 1 unspecified atom stereocenters. The SMILES string of the molecule is COc1cc2c(ccc3c(C)c(C)cc(C)c32)c(OC)c1CC(C)OC(C)=O. The van der Waals surface area contributed by atoms with E-state index in [0.717, 1.165) is 27.8 Å². The summed E-state index contributed by atoms with van der Waals surface area (Å²) >= 11 is 0. The maximum absolute atomic E-state index is 11.3. The third-order valence-electron chi connectivity index (χ3n) is 5.44. The summed E-state index contributed by atoms with van der Waals surface area (Å²) in [7, 11) is 3.33. The monoisotopic (exact) mass is 380 g/mol. The van der Waals surface area contributed by atoms with Gasteiger partial charge in [-0.05, 0) is 72.7 Å². The Hall–Kier alpha value is -2.75. The largest absolute Gasteiger partial charge is 0.496 e. The van der Waals surface area contributed by atoms with Crippen LogP contribution in [0, 0.1) is 20.8 Å². The van der Waals surface area contributed by atoms with Crippen LogP contribution in [0.4, 0.5) is 0 Å². The second-order valence-corrected chi connectivity index (χ2v) is 7.43. The van der Waals surface area contributed by atoms with Gasteiger partial charge in [0.15, 0.2) is 0 Å². The van der Waals surface area contributed by atoms with Gasteiger partial charge >= 0.3 is 5.97 Å². The summed E-state index contributed by atoms with van der Waals surface area (Å²) in [6.07, 6.45) is 0.246. The number of aryl methyl sites for hydroxylation is 3. The van der Waals surface area contributed by atoms with Crippen molar-refractivity contribution in [3.05, 3.63) is 46.5 Å². The lowest BCUT2D eigenvalue weighted by atomic mass is 9.90. The van der Waals surface area contributed by atoms with Crippen LogP contribution in [-0.2, 0) is 16.0 Å². The number of hydrogen-bond donors (Lipinski definition) is 0. The molecule has 0 aliphatic rings. The van der Waals surface area contributed by atoms with Crippen molar-refractivity contribution in [2.45, 2.75) is 47.1 Å². The molecule has 0 heterocycles. The van der Waals surface area contributed by atoms with E-state index in [0.29, 0.717) is 6.42 Å². The lowest BCUT2D eigenvalue weighted by molar-refractivity contribution is -0.145. The van der Waals surface area contributed by atoms with Gasteiger partial charge in [0.25, 0.3) is 0 Å². The number of carbonyl (C=O) groups is 1. The van der Waals surface area contributed by atoms with E-state index in [1.165, 1.54) is 34.4 Å². The van der Waals surface area contributed by atoms with E-state index >= 15 is 0 Å². The highest BCUT2D eigenvalue weighted by Crippen LogP contribution is 2.42. The van der Waals surface area contributed by atoms with Crippen molar-refractivity contribution < 1.29 is 19.0 Å². The molecular formula is C24H28O4. The zero-order valence-electron chi connectivity index (χ0n) is 17.7. The second-order valence-electron chi connectivity index (χ2n) is 7.43. The number of ether oxygens (including phenoxy) is 3. The summed E-state index contributed by atoms with van der Waals surface area (Å²) < 4.78 is 16.9. The van der Waals surface area contributed by atoms with E-state index in [1.54, 1.807) is 14.2 Å². The van der Waals surface area contributed by atoms with Crippen LogP contribution in [0.3, 0.4) is 0 Å². The Morgan fingerprint density at radius 3 is 2.25 bits per heavy atom. The smallest absolute Gasteiger partial charge is 0.302 e. The van der Waals surface area contributed by atoms with Gasteiger partial charge in [0.2, 0.25) is 0 Å². The maximum atomic E-state index is 11.3. The minimum absolute atomic E-state index is 0.273. The topological polar surface area (TPSA) is 44.8 Å². The van der Waals surface area contributed by atoms with E-state index in [4.69, 9.17) is 14.2 Å². The molecule has 0 aliphatic carbocycles. The lowest BCUT2D eigenvalue weighted by Gasteiger charge is -2.21. The molecule has 0 spiro atoms. The first-order chi connectivity index (χ1) is 13.3. The Kier molecular flexibility index (Phi) is 5.50. The van der Waals surface area contributed by atoms with E-state index in [9.17, 15) is 4.79 Å². The van der Waals surface area contributed by atoms with Gasteiger partial charge in [0.05, 0.1) is 14.2 Å². The van der Waals surface area contributed by atoms with E-state index in [-0.39, 0.29) is 12.1 Å². The first kappa shape index (κ1) is 20.0. The van der Waals surface area contributed by atoms with E-state index in [2.05, 4.69) is 45.0 Å². The summed E-state index contributed by atoms with van der Waals surface area (Å²) in [6.45, 7) is 9.74. The van der Waals surface area contributed by atoms with Crippen molar-refractivity contribution >= 4 is 27.5 Å². The predicted octanol–water partition coefficient (Wildman–Crippen LogP) is 5.43. The fourth-order valence-electron chi connectivity index (χ4n) is 4.14. The average Bonchev–Trinajstić information content (AvgIpc) is 2.64. The molecular weight excluding hydrogens is 352 g/mol. The van der Waals surface area contributed by atoms with Crippen LogP contribution in [0.15, 0.2) is 24.3 Å². The van der Waals surface area contributed by atoms with Gasteiger partial charge in [0, 0.05) is 24.3 Å².